The average Bonchev–Trinajstić information content (AvgIpc) is 2.68. The molecule has 1 fully saturated rings. The van der Waals surface area contributed by atoms with Gasteiger partial charge in [-0.2, -0.15) is 4.31 Å². The Kier molecular flexibility index (Phi) is 6.40. The number of rotatable bonds is 6. The summed E-state index contributed by atoms with van der Waals surface area (Å²) in [6.45, 7) is 1.14. The van der Waals surface area contributed by atoms with Crippen molar-refractivity contribution in [3.63, 3.8) is 0 Å². The zero-order chi connectivity index (χ0) is 18.6. The van der Waals surface area contributed by atoms with Crippen LogP contribution in [0.3, 0.4) is 0 Å². The van der Waals surface area contributed by atoms with Gasteiger partial charge in [0.2, 0.25) is 10.0 Å². The second kappa shape index (κ2) is 8.57. The lowest BCUT2D eigenvalue weighted by molar-refractivity contribution is 0.102. The van der Waals surface area contributed by atoms with Crippen LogP contribution >= 0.6 is 23.4 Å². The third-order valence-corrected chi connectivity index (χ3v) is 7.49. The molecule has 0 aromatic heterocycles. The maximum Gasteiger partial charge on any atom is 0.243 e. The maximum absolute atomic E-state index is 12.6. The van der Waals surface area contributed by atoms with Gasteiger partial charge in [0.25, 0.3) is 0 Å². The Morgan fingerprint density at radius 3 is 2.19 bits per heavy atom. The van der Waals surface area contributed by atoms with Crippen LogP contribution in [0.4, 0.5) is 0 Å². The lowest BCUT2D eigenvalue weighted by Crippen LogP contribution is -2.35. The summed E-state index contributed by atoms with van der Waals surface area (Å²) in [5.41, 5.74) is 0.518. The van der Waals surface area contributed by atoms with E-state index < -0.39 is 10.0 Å². The van der Waals surface area contributed by atoms with E-state index in [0.717, 1.165) is 24.2 Å². The van der Waals surface area contributed by atoms with Crippen molar-refractivity contribution in [1.82, 2.24) is 4.31 Å². The van der Waals surface area contributed by atoms with E-state index in [0.29, 0.717) is 29.4 Å². The van der Waals surface area contributed by atoms with Crippen LogP contribution in [0.25, 0.3) is 0 Å². The molecular formula is C19H20ClNO3S2. The minimum atomic E-state index is -3.46. The van der Waals surface area contributed by atoms with Crippen LogP contribution in [-0.4, -0.2) is 37.3 Å². The molecule has 3 rings (SSSR count). The summed E-state index contributed by atoms with van der Waals surface area (Å²) >= 11 is 7.28. The second-order valence-corrected chi connectivity index (χ2v) is 9.58. The molecule has 1 aliphatic rings. The molecule has 2 aromatic rings. The third kappa shape index (κ3) is 4.68. The van der Waals surface area contributed by atoms with Gasteiger partial charge in [-0.05, 0) is 49.2 Å². The van der Waals surface area contributed by atoms with E-state index in [1.807, 2.05) is 12.1 Å². The Morgan fingerprint density at radius 2 is 1.58 bits per heavy atom. The number of carbonyl (C=O) groups is 1. The maximum atomic E-state index is 12.6. The first-order chi connectivity index (χ1) is 12.5. The largest absolute Gasteiger partial charge is 0.293 e. The number of piperidine rings is 1. The third-order valence-electron chi connectivity index (χ3n) is 4.31. The minimum Gasteiger partial charge on any atom is -0.293 e. The number of hydrogen-bond donors (Lipinski definition) is 0. The van der Waals surface area contributed by atoms with Crippen LogP contribution in [0, 0.1) is 0 Å². The lowest BCUT2D eigenvalue weighted by Gasteiger charge is -2.25. The topological polar surface area (TPSA) is 54.5 Å². The van der Waals surface area contributed by atoms with Crippen LogP contribution < -0.4 is 0 Å². The summed E-state index contributed by atoms with van der Waals surface area (Å²) in [7, 11) is -3.46. The number of hydrogen-bond acceptors (Lipinski definition) is 4. The molecule has 0 aliphatic carbocycles. The molecule has 0 saturated carbocycles. The zero-order valence-corrected chi connectivity index (χ0v) is 16.6. The molecule has 0 N–H and O–H groups in total. The van der Waals surface area contributed by atoms with Gasteiger partial charge in [0.1, 0.15) is 0 Å². The summed E-state index contributed by atoms with van der Waals surface area (Å²) < 4.78 is 26.8. The minimum absolute atomic E-state index is 0.0353. The molecule has 1 saturated heterocycles. The fourth-order valence-electron chi connectivity index (χ4n) is 2.83. The van der Waals surface area contributed by atoms with Gasteiger partial charge in [-0.3, -0.25) is 4.79 Å². The van der Waals surface area contributed by atoms with Gasteiger partial charge in [-0.25, -0.2) is 8.42 Å². The highest BCUT2D eigenvalue weighted by Gasteiger charge is 2.25. The summed E-state index contributed by atoms with van der Waals surface area (Å²) in [5, 5.41) is 0.659. The average molecular weight is 410 g/mol. The van der Waals surface area contributed by atoms with Crippen molar-refractivity contribution >= 4 is 39.2 Å². The predicted octanol–water partition coefficient (Wildman–Crippen LogP) is 4.49. The number of Topliss-reactive ketones (excluding diaryl/α,β-unsaturated/α-hetero) is 1. The lowest BCUT2D eigenvalue weighted by atomic mass is 10.1. The van der Waals surface area contributed by atoms with Gasteiger partial charge in [0.15, 0.2) is 5.78 Å². The number of halogens is 1. The smallest absolute Gasteiger partial charge is 0.243 e. The van der Waals surface area contributed by atoms with Crippen molar-refractivity contribution in [2.45, 2.75) is 29.1 Å². The van der Waals surface area contributed by atoms with Gasteiger partial charge in [-0.15, -0.1) is 11.8 Å². The number of benzene rings is 2. The van der Waals surface area contributed by atoms with Gasteiger partial charge >= 0.3 is 0 Å². The molecule has 138 valence electrons. The Morgan fingerprint density at radius 1 is 0.962 bits per heavy atom. The summed E-state index contributed by atoms with van der Waals surface area (Å²) in [5.74, 6) is 0.256. The highest BCUT2D eigenvalue weighted by Crippen LogP contribution is 2.23. The highest BCUT2D eigenvalue weighted by atomic mass is 35.5. The van der Waals surface area contributed by atoms with E-state index in [9.17, 15) is 13.2 Å². The van der Waals surface area contributed by atoms with Crippen LogP contribution in [-0.2, 0) is 10.0 Å². The Hall–Kier alpha value is -1.34. The van der Waals surface area contributed by atoms with Crippen molar-refractivity contribution < 1.29 is 13.2 Å². The molecule has 2 aromatic carbocycles. The van der Waals surface area contributed by atoms with Gasteiger partial charge in [0, 0.05) is 28.6 Å². The number of ketones is 1. The molecule has 7 heteroatoms. The molecule has 0 atom stereocenters. The van der Waals surface area contributed by atoms with Gasteiger partial charge in [0.05, 0.1) is 10.6 Å². The molecule has 4 nitrogen and oxygen atoms in total. The summed E-state index contributed by atoms with van der Waals surface area (Å²) in [6.07, 6.45) is 2.88. The first-order valence-electron chi connectivity index (χ1n) is 8.48. The van der Waals surface area contributed by atoms with E-state index in [2.05, 4.69) is 0 Å². The standard InChI is InChI=1S/C19H20ClNO3S2/c20-16-6-8-17(9-7-16)25-14-19(22)15-4-10-18(11-5-15)26(23,24)21-12-2-1-3-13-21/h4-11H,1-3,12-14H2. The van der Waals surface area contributed by atoms with Crippen LogP contribution in [0.15, 0.2) is 58.3 Å². The Bertz CT molecular complexity index is 859. The molecule has 0 unspecified atom stereocenters. The molecule has 1 heterocycles. The molecule has 0 bridgehead atoms. The highest BCUT2D eigenvalue weighted by molar-refractivity contribution is 8.00. The molecule has 0 spiro atoms. The SMILES string of the molecule is O=C(CSc1ccc(Cl)cc1)c1ccc(S(=O)(=O)N2CCCCC2)cc1. The van der Waals surface area contributed by atoms with E-state index in [1.54, 1.807) is 24.3 Å². The van der Waals surface area contributed by atoms with E-state index in [1.165, 1.54) is 28.2 Å². The fourth-order valence-corrected chi connectivity index (χ4v) is 5.27. The number of sulfonamides is 1. The summed E-state index contributed by atoms with van der Waals surface area (Å²) in [4.78, 5) is 13.6. The summed E-state index contributed by atoms with van der Waals surface area (Å²) in [6, 6.07) is 13.6. The number of nitrogens with zero attached hydrogens (tertiary/aromatic N) is 1. The second-order valence-electron chi connectivity index (χ2n) is 6.15. The molecule has 0 amide bonds. The van der Waals surface area contributed by atoms with Crippen molar-refractivity contribution in [3.05, 3.63) is 59.1 Å². The quantitative estimate of drug-likeness (QED) is 0.521. The van der Waals surface area contributed by atoms with Gasteiger partial charge in [-0.1, -0.05) is 30.2 Å². The first kappa shape index (κ1) is 19.4. The van der Waals surface area contributed by atoms with Crippen molar-refractivity contribution in [2.24, 2.45) is 0 Å². The zero-order valence-electron chi connectivity index (χ0n) is 14.2. The monoisotopic (exact) mass is 409 g/mol. The van der Waals surface area contributed by atoms with Crippen LogP contribution in [0.5, 0.6) is 0 Å². The Labute approximate surface area is 163 Å². The van der Waals surface area contributed by atoms with E-state index >= 15 is 0 Å². The van der Waals surface area contributed by atoms with E-state index in [4.69, 9.17) is 11.6 Å². The fraction of sp³-hybridized carbons (Fsp3) is 0.316. The molecule has 26 heavy (non-hydrogen) atoms. The van der Waals surface area contributed by atoms with Crippen molar-refractivity contribution in [2.75, 3.05) is 18.8 Å². The molecule has 0 radical (unpaired) electrons. The molecule has 1 aliphatic heterocycles. The number of thioether (sulfide) groups is 1. The van der Waals surface area contributed by atoms with Crippen LogP contribution in [0.2, 0.25) is 5.02 Å². The Balaban J connectivity index is 1.64. The van der Waals surface area contributed by atoms with Gasteiger partial charge < -0.3 is 0 Å². The predicted molar refractivity (Wildman–Crippen MR) is 106 cm³/mol. The van der Waals surface area contributed by atoms with Crippen LogP contribution in [0.1, 0.15) is 29.6 Å². The van der Waals surface area contributed by atoms with Crippen molar-refractivity contribution in [3.8, 4) is 0 Å². The number of carbonyl (C=O) groups excluding carboxylic acids is 1. The normalized spacial score (nSPS) is 15.7. The van der Waals surface area contributed by atoms with E-state index in [-0.39, 0.29) is 10.7 Å². The first-order valence-corrected chi connectivity index (χ1v) is 11.3. The van der Waals surface area contributed by atoms with Crippen molar-refractivity contribution in [1.29, 1.82) is 0 Å². The molecular weight excluding hydrogens is 390 g/mol.